The second kappa shape index (κ2) is 3.17. The van der Waals surface area contributed by atoms with Crippen molar-refractivity contribution < 1.29 is 14.6 Å². The van der Waals surface area contributed by atoms with Crippen LogP contribution in [0, 0.1) is 0 Å². The Morgan fingerprint density at radius 3 is 2.80 bits per heavy atom. The van der Waals surface area contributed by atoms with Gasteiger partial charge in [-0.05, 0) is 26.0 Å². The first kappa shape index (κ1) is 10.4. The molecule has 0 saturated carbocycles. The second-order valence-corrected chi connectivity index (χ2v) is 4.82. The molecule has 3 nitrogen and oxygen atoms in total. The predicted octanol–water partition coefficient (Wildman–Crippen LogP) is 2.42. The lowest BCUT2D eigenvalue weighted by atomic mass is 9.92. The predicted molar refractivity (Wildman–Crippen MR) is 59.0 cm³/mol. The van der Waals surface area contributed by atoms with E-state index in [1.807, 2.05) is 13.8 Å². The number of fused-ring (bicyclic) bond motifs is 1. The Morgan fingerprint density at radius 1 is 1.47 bits per heavy atom. The highest BCUT2D eigenvalue weighted by Gasteiger charge is 2.34. The highest BCUT2D eigenvalue weighted by atomic mass is 32.1. The topological polar surface area (TPSA) is 46.5 Å². The molecule has 0 fully saturated rings. The molecule has 0 aliphatic carbocycles. The minimum Gasteiger partial charge on any atom is -0.507 e. The minimum absolute atomic E-state index is 0.0574. The summed E-state index contributed by atoms with van der Waals surface area (Å²) < 4.78 is 5.62. The molecule has 1 N–H and O–H groups in total. The highest BCUT2D eigenvalue weighted by molar-refractivity contribution is 7.80. The third kappa shape index (κ3) is 1.81. The fourth-order valence-electron chi connectivity index (χ4n) is 1.76. The number of thiol groups is 1. The molecule has 4 heteroatoms. The van der Waals surface area contributed by atoms with E-state index in [-0.39, 0.29) is 23.5 Å². The lowest BCUT2D eigenvalue weighted by Crippen LogP contribution is -2.35. The van der Waals surface area contributed by atoms with Gasteiger partial charge in [0, 0.05) is 4.90 Å². The van der Waals surface area contributed by atoms with Crippen LogP contribution in [0.25, 0.3) is 0 Å². The molecule has 0 saturated heterocycles. The fourth-order valence-corrected chi connectivity index (χ4v) is 2.00. The third-order valence-corrected chi connectivity index (χ3v) is 2.58. The van der Waals surface area contributed by atoms with Gasteiger partial charge in [-0.1, -0.05) is 0 Å². The summed E-state index contributed by atoms with van der Waals surface area (Å²) >= 11 is 4.12. The van der Waals surface area contributed by atoms with Crippen LogP contribution in [0.4, 0.5) is 0 Å². The number of phenolic OH excluding ortho intramolecular Hbond substituents is 1. The van der Waals surface area contributed by atoms with Crippen molar-refractivity contribution in [1.82, 2.24) is 0 Å². The molecule has 15 heavy (non-hydrogen) atoms. The number of hydrogen-bond acceptors (Lipinski definition) is 4. The van der Waals surface area contributed by atoms with Crippen LogP contribution in [0.1, 0.15) is 30.6 Å². The lowest BCUT2D eigenvalue weighted by Gasteiger charge is -2.31. The van der Waals surface area contributed by atoms with E-state index in [0.29, 0.717) is 10.6 Å². The number of aromatic hydroxyl groups is 1. The molecule has 0 bridgehead atoms. The van der Waals surface area contributed by atoms with E-state index in [4.69, 9.17) is 4.74 Å². The number of ketones is 1. The molecular weight excluding hydrogens is 212 g/mol. The van der Waals surface area contributed by atoms with Crippen LogP contribution in [-0.4, -0.2) is 16.5 Å². The number of rotatable bonds is 0. The van der Waals surface area contributed by atoms with Gasteiger partial charge in [-0.2, -0.15) is 0 Å². The first-order chi connectivity index (χ1) is 6.89. The third-order valence-electron chi connectivity index (χ3n) is 2.32. The normalized spacial score (nSPS) is 18.2. The number of phenols is 1. The number of carbonyl (C=O) groups excluding carboxylic acids is 1. The van der Waals surface area contributed by atoms with Crippen LogP contribution >= 0.6 is 12.6 Å². The van der Waals surface area contributed by atoms with E-state index < -0.39 is 5.60 Å². The summed E-state index contributed by atoms with van der Waals surface area (Å²) in [5.41, 5.74) is -0.245. The van der Waals surface area contributed by atoms with Crippen LogP contribution in [0.5, 0.6) is 11.5 Å². The maximum atomic E-state index is 11.8. The Hall–Kier alpha value is -1.16. The Kier molecular flexibility index (Phi) is 2.19. The van der Waals surface area contributed by atoms with Crippen molar-refractivity contribution in [3.8, 4) is 11.5 Å². The fraction of sp³-hybridized carbons (Fsp3) is 0.364. The van der Waals surface area contributed by atoms with Crippen LogP contribution in [-0.2, 0) is 0 Å². The molecule has 0 radical (unpaired) electrons. The Balaban J connectivity index is 2.60. The maximum Gasteiger partial charge on any atom is 0.174 e. The van der Waals surface area contributed by atoms with Gasteiger partial charge >= 0.3 is 0 Å². The number of benzene rings is 1. The molecule has 0 spiro atoms. The summed E-state index contributed by atoms with van der Waals surface area (Å²) in [6.45, 7) is 3.69. The molecule has 1 aliphatic rings. The monoisotopic (exact) mass is 224 g/mol. The van der Waals surface area contributed by atoms with Crippen molar-refractivity contribution in [2.24, 2.45) is 0 Å². The molecule has 0 amide bonds. The Labute approximate surface area is 93.5 Å². The molecule has 0 unspecified atom stereocenters. The summed E-state index contributed by atoms with van der Waals surface area (Å²) in [5, 5.41) is 9.63. The van der Waals surface area contributed by atoms with Gasteiger partial charge in [-0.25, -0.2) is 0 Å². The van der Waals surface area contributed by atoms with E-state index in [1.54, 1.807) is 6.07 Å². The Bertz CT molecular complexity index is 438. The number of hydrogen-bond donors (Lipinski definition) is 2. The van der Waals surface area contributed by atoms with Gasteiger partial charge in [0.05, 0.1) is 6.42 Å². The molecule has 1 heterocycles. The molecular formula is C11H12O3S. The Morgan fingerprint density at radius 2 is 2.13 bits per heavy atom. The van der Waals surface area contributed by atoms with Gasteiger partial charge in [0.15, 0.2) is 5.78 Å². The molecule has 1 aliphatic heterocycles. The van der Waals surface area contributed by atoms with Crippen molar-refractivity contribution in [3.63, 3.8) is 0 Å². The standard InChI is InChI=1S/C11H12O3S/c1-11(2)5-8(13)10-7(12)3-6(15)4-9(10)14-11/h3-4,12,15H,5H2,1-2H3. The quantitative estimate of drug-likeness (QED) is 0.665. The molecule has 2 rings (SSSR count). The van der Waals surface area contributed by atoms with Crippen LogP contribution in [0.15, 0.2) is 17.0 Å². The summed E-state index contributed by atoms with van der Waals surface area (Å²) in [6.07, 6.45) is 0.277. The van der Waals surface area contributed by atoms with Gasteiger partial charge < -0.3 is 9.84 Å². The number of carbonyl (C=O) groups is 1. The van der Waals surface area contributed by atoms with Gasteiger partial charge in [0.25, 0.3) is 0 Å². The molecule has 0 atom stereocenters. The molecule has 80 valence electrons. The van der Waals surface area contributed by atoms with Gasteiger partial charge in [0.2, 0.25) is 0 Å². The summed E-state index contributed by atoms with van der Waals surface area (Å²) in [5.74, 6) is 0.270. The zero-order valence-corrected chi connectivity index (χ0v) is 9.47. The molecule has 1 aromatic carbocycles. The zero-order valence-electron chi connectivity index (χ0n) is 8.57. The van der Waals surface area contributed by atoms with Gasteiger partial charge in [-0.3, -0.25) is 4.79 Å². The van der Waals surface area contributed by atoms with Crippen LogP contribution in [0.3, 0.4) is 0 Å². The van der Waals surface area contributed by atoms with E-state index in [0.717, 1.165) is 0 Å². The number of ether oxygens (including phenoxy) is 1. The summed E-state index contributed by atoms with van der Waals surface area (Å²) in [7, 11) is 0. The van der Waals surface area contributed by atoms with E-state index in [2.05, 4.69) is 12.6 Å². The lowest BCUT2D eigenvalue weighted by molar-refractivity contribution is 0.0613. The van der Waals surface area contributed by atoms with E-state index >= 15 is 0 Å². The largest absolute Gasteiger partial charge is 0.507 e. The minimum atomic E-state index is -0.516. The van der Waals surface area contributed by atoms with Crippen molar-refractivity contribution in [1.29, 1.82) is 0 Å². The van der Waals surface area contributed by atoms with E-state index in [1.165, 1.54) is 6.07 Å². The SMILES string of the molecule is CC1(C)CC(=O)c2c(O)cc(S)cc2O1. The molecule has 0 aromatic heterocycles. The molecule has 1 aromatic rings. The first-order valence-corrected chi connectivity index (χ1v) is 5.12. The van der Waals surface area contributed by atoms with E-state index in [9.17, 15) is 9.90 Å². The van der Waals surface area contributed by atoms with Crippen LogP contribution in [0.2, 0.25) is 0 Å². The zero-order chi connectivity index (χ0) is 11.2. The number of Topliss-reactive ketones (excluding diaryl/α,β-unsaturated/α-hetero) is 1. The van der Waals surface area contributed by atoms with Crippen molar-refractivity contribution in [3.05, 3.63) is 17.7 Å². The van der Waals surface area contributed by atoms with Crippen molar-refractivity contribution in [2.45, 2.75) is 30.8 Å². The highest BCUT2D eigenvalue weighted by Crippen LogP contribution is 2.39. The summed E-state index contributed by atoms with van der Waals surface area (Å²) in [4.78, 5) is 12.3. The second-order valence-electron chi connectivity index (χ2n) is 4.30. The average Bonchev–Trinajstić information content (AvgIpc) is 1.97. The smallest absolute Gasteiger partial charge is 0.174 e. The van der Waals surface area contributed by atoms with Gasteiger partial charge in [-0.15, -0.1) is 12.6 Å². The van der Waals surface area contributed by atoms with Gasteiger partial charge in [0.1, 0.15) is 22.7 Å². The van der Waals surface area contributed by atoms with Crippen molar-refractivity contribution in [2.75, 3.05) is 0 Å². The summed E-state index contributed by atoms with van der Waals surface area (Å²) in [6, 6.07) is 3.10. The maximum absolute atomic E-state index is 11.8. The first-order valence-electron chi connectivity index (χ1n) is 4.67. The average molecular weight is 224 g/mol. The van der Waals surface area contributed by atoms with Crippen LogP contribution < -0.4 is 4.74 Å². The van der Waals surface area contributed by atoms with Crippen molar-refractivity contribution >= 4 is 18.4 Å².